The SMILES string of the molecule is CC(C)C[C@H](N[C@@H](c1ccc2c(c1)oc1ccc(-c3ccnn3C3CCCCO3)cc12)C(F)(F)F)C(=O)NC1(C#N)CC1. The molecule has 11 heteroatoms. The number of furan rings is 1. The van der Waals surface area contributed by atoms with E-state index in [4.69, 9.17) is 9.15 Å². The van der Waals surface area contributed by atoms with Gasteiger partial charge in [-0.2, -0.15) is 23.5 Å². The lowest BCUT2D eigenvalue weighted by molar-refractivity contribution is -0.161. The van der Waals surface area contributed by atoms with Crippen LogP contribution in [0.2, 0.25) is 0 Å². The van der Waals surface area contributed by atoms with Crippen LogP contribution in [0.3, 0.4) is 0 Å². The van der Waals surface area contributed by atoms with Crippen LogP contribution >= 0.6 is 0 Å². The third kappa shape index (κ3) is 5.99. The fourth-order valence-electron chi connectivity index (χ4n) is 5.84. The molecule has 226 valence electrons. The molecule has 1 aliphatic carbocycles. The molecule has 2 aromatic carbocycles. The quantitative estimate of drug-likeness (QED) is 0.218. The Morgan fingerprint density at radius 1 is 1.14 bits per heavy atom. The lowest BCUT2D eigenvalue weighted by Crippen LogP contribution is -2.52. The molecule has 0 spiro atoms. The van der Waals surface area contributed by atoms with E-state index in [1.165, 1.54) is 12.1 Å². The number of nitrogens with zero attached hydrogens (tertiary/aromatic N) is 3. The van der Waals surface area contributed by atoms with Crippen LogP contribution in [0.25, 0.3) is 33.2 Å². The van der Waals surface area contributed by atoms with E-state index in [1.807, 2.05) is 42.8 Å². The summed E-state index contributed by atoms with van der Waals surface area (Å²) in [5.74, 6) is -0.653. The largest absolute Gasteiger partial charge is 0.456 e. The molecule has 1 unspecified atom stereocenters. The Morgan fingerprint density at radius 2 is 1.95 bits per heavy atom. The Balaban J connectivity index is 1.31. The summed E-state index contributed by atoms with van der Waals surface area (Å²) in [5.41, 5.74) is 1.62. The van der Waals surface area contributed by atoms with E-state index < -0.39 is 29.7 Å². The molecule has 0 radical (unpaired) electrons. The molecule has 1 saturated heterocycles. The number of hydrogen-bond donors (Lipinski definition) is 2. The molecule has 0 bridgehead atoms. The molecule has 2 aromatic heterocycles. The van der Waals surface area contributed by atoms with E-state index in [1.54, 1.807) is 12.3 Å². The zero-order chi connectivity index (χ0) is 30.4. The molecule has 3 atom stereocenters. The van der Waals surface area contributed by atoms with Crippen molar-refractivity contribution in [2.75, 3.05) is 6.61 Å². The zero-order valence-electron chi connectivity index (χ0n) is 24.1. The first-order chi connectivity index (χ1) is 20.6. The maximum Gasteiger partial charge on any atom is 0.407 e. The average molecular weight is 594 g/mol. The summed E-state index contributed by atoms with van der Waals surface area (Å²) in [6.07, 6.45) is 1.05. The smallest absolute Gasteiger partial charge is 0.407 e. The molecular formula is C32H34F3N5O3. The molecule has 2 aliphatic rings. The number of nitriles is 1. The molecule has 1 aliphatic heterocycles. The van der Waals surface area contributed by atoms with Crippen molar-refractivity contribution >= 4 is 27.8 Å². The van der Waals surface area contributed by atoms with Crippen LogP contribution < -0.4 is 10.6 Å². The Labute approximate surface area is 247 Å². The minimum Gasteiger partial charge on any atom is -0.456 e. The normalized spacial score (nSPS) is 19.8. The van der Waals surface area contributed by atoms with Gasteiger partial charge in [0.1, 0.15) is 22.7 Å². The van der Waals surface area contributed by atoms with Crippen molar-refractivity contribution in [1.82, 2.24) is 20.4 Å². The number of rotatable bonds is 9. The number of carbonyl (C=O) groups excluding carboxylic acids is 1. The van der Waals surface area contributed by atoms with Gasteiger partial charge in [0, 0.05) is 29.1 Å². The summed E-state index contributed by atoms with van der Waals surface area (Å²) in [6, 6.07) is 10.9. The van der Waals surface area contributed by atoms with Crippen molar-refractivity contribution in [2.24, 2.45) is 5.92 Å². The van der Waals surface area contributed by atoms with Crippen molar-refractivity contribution in [3.63, 3.8) is 0 Å². The van der Waals surface area contributed by atoms with Crippen molar-refractivity contribution in [2.45, 2.75) is 82.4 Å². The van der Waals surface area contributed by atoms with Crippen LogP contribution in [0.15, 0.2) is 53.1 Å². The second kappa shape index (κ2) is 11.3. The van der Waals surface area contributed by atoms with Crippen LogP contribution in [-0.4, -0.2) is 40.1 Å². The van der Waals surface area contributed by atoms with Gasteiger partial charge in [-0.1, -0.05) is 26.0 Å². The lowest BCUT2D eigenvalue weighted by atomic mass is 9.98. The van der Waals surface area contributed by atoms with Crippen LogP contribution in [-0.2, 0) is 9.53 Å². The van der Waals surface area contributed by atoms with Crippen molar-refractivity contribution in [1.29, 1.82) is 5.26 Å². The summed E-state index contributed by atoms with van der Waals surface area (Å²) in [6.45, 7) is 4.37. The first-order valence-corrected chi connectivity index (χ1v) is 14.7. The number of halogens is 3. The highest BCUT2D eigenvalue weighted by Crippen LogP contribution is 2.39. The minimum atomic E-state index is -4.69. The first-order valence-electron chi connectivity index (χ1n) is 14.7. The van der Waals surface area contributed by atoms with Crippen molar-refractivity contribution in [3.05, 3.63) is 54.2 Å². The number of benzene rings is 2. The Morgan fingerprint density at radius 3 is 2.63 bits per heavy atom. The average Bonchev–Trinajstić information content (AvgIpc) is 3.41. The van der Waals surface area contributed by atoms with Gasteiger partial charge in [0.15, 0.2) is 6.23 Å². The lowest BCUT2D eigenvalue weighted by Gasteiger charge is -2.29. The summed E-state index contributed by atoms with van der Waals surface area (Å²) < 4.78 is 57.3. The van der Waals surface area contributed by atoms with Gasteiger partial charge in [-0.3, -0.25) is 10.1 Å². The predicted molar refractivity (Wildman–Crippen MR) is 155 cm³/mol. The molecule has 1 amide bonds. The van der Waals surface area contributed by atoms with Gasteiger partial charge in [-0.15, -0.1) is 0 Å². The molecule has 2 fully saturated rings. The third-order valence-electron chi connectivity index (χ3n) is 8.27. The summed E-state index contributed by atoms with van der Waals surface area (Å²) in [7, 11) is 0. The van der Waals surface area contributed by atoms with Crippen LogP contribution in [0.4, 0.5) is 13.2 Å². The zero-order valence-corrected chi connectivity index (χ0v) is 24.1. The Hall–Kier alpha value is -3.88. The topological polar surface area (TPSA) is 105 Å². The molecular weight excluding hydrogens is 559 g/mol. The Bertz CT molecular complexity index is 1670. The monoisotopic (exact) mass is 593 g/mol. The summed E-state index contributed by atoms with van der Waals surface area (Å²) >= 11 is 0. The second-order valence-corrected chi connectivity index (χ2v) is 12.1. The maximum atomic E-state index is 14.5. The highest BCUT2D eigenvalue weighted by molar-refractivity contribution is 6.06. The highest BCUT2D eigenvalue weighted by atomic mass is 19.4. The fraction of sp³-hybridized carbons (Fsp3) is 0.469. The number of alkyl halides is 3. The molecule has 1 saturated carbocycles. The van der Waals surface area contributed by atoms with E-state index in [-0.39, 0.29) is 24.1 Å². The van der Waals surface area contributed by atoms with Crippen molar-refractivity contribution < 1.29 is 27.1 Å². The number of aromatic nitrogens is 2. The van der Waals surface area contributed by atoms with Gasteiger partial charge < -0.3 is 14.5 Å². The molecule has 43 heavy (non-hydrogen) atoms. The number of ether oxygens (including phenoxy) is 1. The molecule has 3 heterocycles. The number of carbonyl (C=O) groups is 1. The van der Waals surface area contributed by atoms with E-state index >= 15 is 0 Å². The molecule has 2 N–H and O–H groups in total. The van der Waals surface area contributed by atoms with Gasteiger partial charge in [0.25, 0.3) is 0 Å². The van der Waals surface area contributed by atoms with E-state index in [0.717, 1.165) is 35.9 Å². The number of nitrogens with one attached hydrogen (secondary N) is 2. The van der Waals surface area contributed by atoms with Crippen LogP contribution in [0.5, 0.6) is 0 Å². The van der Waals surface area contributed by atoms with Crippen molar-refractivity contribution in [3.8, 4) is 17.3 Å². The Kier molecular flexibility index (Phi) is 7.69. The summed E-state index contributed by atoms with van der Waals surface area (Å²) in [5, 5.41) is 20.6. The van der Waals surface area contributed by atoms with E-state index in [9.17, 15) is 23.2 Å². The standard InChI is InChI=1S/C32H34F3N5O3/c1-19(2)15-24(30(41)39-31(18-36)11-12-31)38-29(32(33,34)35)21-6-8-22-23-16-20(7-9-26(23)43-27(22)17-21)25-10-13-37-40(25)28-5-3-4-14-42-28/h6-10,13,16-17,19,24,28-29,38H,3-5,11-12,14-15H2,1-2H3,(H,39,41)/t24-,28?,29-/m0/s1. The number of fused-ring (bicyclic) bond motifs is 3. The highest BCUT2D eigenvalue weighted by Gasteiger charge is 2.47. The minimum absolute atomic E-state index is 0.0533. The maximum absolute atomic E-state index is 14.5. The van der Waals surface area contributed by atoms with Crippen LogP contribution in [0.1, 0.15) is 70.2 Å². The predicted octanol–water partition coefficient (Wildman–Crippen LogP) is 6.93. The fourth-order valence-corrected chi connectivity index (χ4v) is 5.84. The van der Waals surface area contributed by atoms with E-state index in [2.05, 4.69) is 21.8 Å². The first kappa shape index (κ1) is 29.2. The molecule has 6 rings (SSSR count). The van der Waals surface area contributed by atoms with Gasteiger partial charge in [-0.05, 0) is 80.3 Å². The molecule has 4 aromatic rings. The van der Waals surface area contributed by atoms with E-state index in [0.29, 0.717) is 36.0 Å². The van der Waals surface area contributed by atoms with Gasteiger partial charge >= 0.3 is 6.18 Å². The van der Waals surface area contributed by atoms with Gasteiger partial charge in [-0.25, -0.2) is 4.68 Å². The molecule has 8 nitrogen and oxygen atoms in total. The van der Waals surface area contributed by atoms with Crippen LogP contribution in [0, 0.1) is 17.2 Å². The second-order valence-electron chi connectivity index (χ2n) is 12.1. The van der Waals surface area contributed by atoms with Gasteiger partial charge in [0.2, 0.25) is 5.91 Å². The summed E-state index contributed by atoms with van der Waals surface area (Å²) in [4.78, 5) is 13.0. The van der Waals surface area contributed by atoms with Gasteiger partial charge in [0.05, 0.1) is 17.8 Å². The third-order valence-corrected chi connectivity index (χ3v) is 8.27. The number of amides is 1. The number of hydrogen-bond acceptors (Lipinski definition) is 6.